The number of aryl methyl sites for hydroxylation is 4. The summed E-state index contributed by atoms with van der Waals surface area (Å²) in [6.07, 6.45) is 2.14. The third-order valence-corrected chi connectivity index (χ3v) is 4.75. The Morgan fingerprint density at radius 1 is 1.04 bits per heavy atom. The Hall–Kier alpha value is -2.88. The summed E-state index contributed by atoms with van der Waals surface area (Å²) in [7, 11) is 0. The first-order chi connectivity index (χ1) is 12.9. The fourth-order valence-corrected chi connectivity index (χ4v) is 3.45. The predicted molar refractivity (Wildman–Crippen MR) is 109 cm³/mol. The van der Waals surface area contributed by atoms with Gasteiger partial charge in [-0.15, -0.1) is 0 Å². The maximum absolute atomic E-state index is 13.2. The van der Waals surface area contributed by atoms with Crippen LogP contribution in [0.3, 0.4) is 0 Å². The number of carbonyl (C=O) groups is 1. The molecule has 4 nitrogen and oxygen atoms in total. The van der Waals surface area contributed by atoms with Crippen LogP contribution in [0.1, 0.15) is 30.0 Å². The van der Waals surface area contributed by atoms with Gasteiger partial charge in [0.15, 0.2) is 5.43 Å². The van der Waals surface area contributed by atoms with Crippen LogP contribution in [0, 0.1) is 20.8 Å². The lowest BCUT2D eigenvalue weighted by Crippen LogP contribution is -2.16. The van der Waals surface area contributed by atoms with Crippen molar-refractivity contribution in [3.63, 3.8) is 0 Å². The smallest absolute Gasteiger partial charge is 0.307 e. The minimum Gasteiger partial charge on any atom is -0.466 e. The van der Waals surface area contributed by atoms with E-state index in [1.54, 1.807) is 6.92 Å². The first kappa shape index (κ1) is 18.9. The third-order valence-electron chi connectivity index (χ3n) is 4.75. The minimum atomic E-state index is -0.231. The summed E-state index contributed by atoms with van der Waals surface area (Å²) in [5, 5.41) is 0.711. The van der Waals surface area contributed by atoms with Gasteiger partial charge in [0.25, 0.3) is 0 Å². The van der Waals surface area contributed by atoms with Gasteiger partial charge in [-0.05, 0) is 50.5 Å². The van der Waals surface area contributed by atoms with Crippen molar-refractivity contribution in [1.82, 2.24) is 4.57 Å². The zero-order valence-electron chi connectivity index (χ0n) is 16.3. The zero-order chi connectivity index (χ0) is 19.6. The van der Waals surface area contributed by atoms with Crippen LogP contribution in [-0.2, 0) is 16.1 Å². The summed E-state index contributed by atoms with van der Waals surface area (Å²) in [5.74, 6) is -0.231. The predicted octanol–water partition coefficient (Wildman–Crippen LogP) is 4.55. The van der Waals surface area contributed by atoms with Crippen molar-refractivity contribution >= 4 is 16.9 Å². The molecule has 0 radical (unpaired) electrons. The molecule has 0 amide bonds. The molecule has 1 heterocycles. The van der Waals surface area contributed by atoms with Gasteiger partial charge in [-0.25, -0.2) is 0 Å². The van der Waals surface area contributed by atoms with E-state index < -0.39 is 0 Å². The lowest BCUT2D eigenvalue weighted by Gasteiger charge is -2.16. The Morgan fingerprint density at radius 2 is 1.74 bits per heavy atom. The maximum Gasteiger partial charge on any atom is 0.307 e. The average Bonchev–Trinajstić information content (AvgIpc) is 2.62. The second kappa shape index (κ2) is 7.78. The first-order valence-electron chi connectivity index (χ1n) is 9.27. The highest BCUT2D eigenvalue weighted by molar-refractivity contribution is 5.87. The minimum absolute atomic E-state index is 0.0266. The third kappa shape index (κ3) is 3.95. The fraction of sp³-hybridized carbons (Fsp3) is 0.304. The fourth-order valence-electron chi connectivity index (χ4n) is 3.45. The van der Waals surface area contributed by atoms with Crippen molar-refractivity contribution in [2.24, 2.45) is 0 Å². The number of fused-ring (bicyclic) bond motifs is 1. The number of carbonyl (C=O) groups excluding carboxylic acids is 1. The lowest BCUT2D eigenvalue weighted by atomic mass is 9.99. The van der Waals surface area contributed by atoms with E-state index in [0.717, 1.165) is 27.8 Å². The molecule has 3 aromatic rings. The van der Waals surface area contributed by atoms with E-state index in [1.807, 2.05) is 67.9 Å². The molecular formula is C23H25NO3. The average molecular weight is 363 g/mol. The molecule has 0 aliphatic heterocycles. The molecule has 0 saturated heterocycles. The standard InChI is InChI=1S/C23H25NO3/c1-5-27-21(25)10-11-24-14-19(18-8-6-15(2)7-9-18)23(26)22-17(4)12-16(3)13-20(22)24/h6-9,12-14H,5,10-11H2,1-4H3. The van der Waals surface area contributed by atoms with Gasteiger partial charge in [-0.2, -0.15) is 0 Å². The van der Waals surface area contributed by atoms with E-state index in [9.17, 15) is 9.59 Å². The zero-order valence-corrected chi connectivity index (χ0v) is 16.3. The Morgan fingerprint density at radius 3 is 2.41 bits per heavy atom. The molecular weight excluding hydrogens is 338 g/mol. The van der Waals surface area contributed by atoms with Crippen LogP contribution < -0.4 is 5.43 Å². The van der Waals surface area contributed by atoms with Gasteiger partial charge in [0.1, 0.15) is 0 Å². The van der Waals surface area contributed by atoms with Crippen LogP contribution in [0.4, 0.5) is 0 Å². The van der Waals surface area contributed by atoms with Gasteiger partial charge in [0.05, 0.1) is 18.5 Å². The van der Waals surface area contributed by atoms with Gasteiger partial charge in [-0.3, -0.25) is 9.59 Å². The molecule has 0 atom stereocenters. The molecule has 2 aromatic carbocycles. The number of hydrogen-bond acceptors (Lipinski definition) is 3. The monoisotopic (exact) mass is 363 g/mol. The highest BCUT2D eigenvalue weighted by Gasteiger charge is 2.14. The van der Waals surface area contributed by atoms with E-state index in [4.69, 9.17) is 4.74 Å². The van der Waals surface area contributed by atoms with Crippen molar-refractivity contribution < 1.29 is 9.53 Å². The summed E-state index contributed by atoms with van der Waals surface area (Å²) in [6, 6.07) is 12.0. The van der Waals surface area contributed by atoms with Gasteiger partial charge in [-0.1, -0.05) is 35.9 Å². The summed E-state index contributed by atoms with van der Waals surface area (Å²) >= 11 is 0. The molecule has 3 rings (SSSR count). The van der Waals surface area contributed by atoms with E-state index in [-0.39, 0.29) is 17.8 Å². The highest BCUT2D eigenvalue weighted by Crippen LogP contribution is 2.24. The molecule has 0 aliphatic carbocycles. The topological polar surface area (TPSA) is 48.3 Å². The van der Waals surface area contributed by atoms with Crippen molar-refractivity contribution in [2.45, 2.75) is 40.7 Å². The number of aromatic nitrogens is 1. The number of pyridine rings is 1. The molecule has 0 unspecified atom stereocenters. The first-order valence-corrected chi connectivity index (χ1v) is 9.27. The SMILES string of the molecule is CCOC(=O)CCn1cc(-c2ccc(C)cc2)c(=O)c2c(C)cc(C)cc21. The molecule has 140 valence electrons. The van der Waals surface area contributed by atoms with Crippen molar-refractivity contribution in [3.8, 4) is 11.1 Å². The number of hydrogen-bond donors (Lipinski definition) is 0. The summed E-state index contributed by atoms with van der Waals surface area (Å²) in [6.45, 7) is 8.64. The van der Waals surface area contributed by atoms with Crippen molar-refractivity contribution in [1.29, 1.82) is 0 Å². The Kier molecular flexibility index (Phi) is 5.45. The van der Waals surface area contributed by atoms with Crippen LogP contribution in [0.25, 0.3) is 22.0 Å². The summed E-state index contributed by atoms with van der Waals surface area (Å²) in [4.78, 5) is 25.1. The summed E-state index contributed by atoms with van der Waals surface area (Å²) in [5.41, 5.74) is 5.61. The number of benzene rings is 2. The molecule has 0 N–H and O–H groups in total. The maximum atomic E-state index is 13.2. The molecule has 0 bridgehead atoms. The van der Waals surface area contributed by atoms with Crippen molar-refractivity contribution in [3.05, 3.63) is 69.5 Å². The van der Waals surface area contributed by atoms with E-state index in [1.165, 1.54) is 0 Å². The van der Waals surface area contributed by atoms with E-state index in [0.29, 0.717) is 24.1 Å². The second-order valence-electron chi connectivity index (χ2n) is 6.96. The molecule has 27 heavy (non-hydrogen) atoms. The van der Waals surface area contributed by atoms with Crippen LogP contribution in [0.15, 0.2) is 47.4 Å². The molecule has 0 fully saturated rings. The number of ether oxygens (including phenoxy) is 1. The van der Waals surface area contributed by atoms with Crippen LogP contribution in [0.5, 0.6) is 0 Å². The van der Waals surface area contributed by atoms with E-state index >= 15 is 0 Å². The van der Waals surface area contributed by atoms with Crippen LogP contribution in [-0.4, -0.2) is 17.1 Å². The molecule has 4 heteroatoms. The number of esters is 1. The van der Waals surface area contributed by atoms with Crippen LogP contribution in [0.2, 0.25) is 0 Å². The summed E-state index contributed by atoms with van der Waals surface area (Å²) < 4.78 is 7.06. The molecule has 0 saturated carbocycles. The highest BCUT2D eigenvalue weighted by atomic mass is 16.5. The number of nitrogens with zero attached hydrogens (tertiary/aromatic N) is 1. The number of rotatable bonds is 5. The van der Waals surface area contributed by atoms with Crippen LogP contribution >= 0.6 is 0 Å². The Balaban J connectivity index is 2.19. The molecule has 0 aliphatic rings. The van der Waals surface area contributed by atoms with Gasteiger partial charge >= 0.3 is 5.97 Å². The largest absolute Gasteiger partial charge is 0.466 e. The van der Waals surface area contributed by atoms with Gasteiger partial charge in [0, 0.05) is 23.7 Å². The quantitative estimate of drug-likeness (QED) is 0.625. The molecule has 0 spiro atoms. The Labute approximate surface area is 159 Å². The Bertz CT molecular complexity index is 1050. The molecule has 1 aromatic heterocycles. The van der Waals surface area contributed by atoms with E-state index in [2.05, 4.69) is 0 Å². The normalized spacial score (nSPS) is 11.0. The second-order valence-corrected chi connectivity index (χ2v) is 6.96. The lowest BCUT2D eigenvalue weighted by molar-refractivity contribution is -0.143. The van der Waals surface area contributed by atoms with Gasteiger partial charge < -0.3 is 9.30 Å². The van der Waals surface area contributed by atoms with Crippen molar-refractivity contribution in [2.75, 3.05) is 6.61 Å². The van der Waals surface area contributed by atoms with Gasteiger partial charge in [0.2, 0.25) is 0 Å².